The van der Waals surface area contributed by atoms with Crippen LogP contribution < -0.4 is 0 Å². The summed E-state index contributed by atoms with van der Waals surface area (Å²) >= 11 is 0. The van der Waals surface area contributed by atoms with Gasteiger partial charge < -0.3 is 9.47 Å². The van der Waals surface area contributed by atoms with E-state index in [0.717, 1.165) is 6.42 Å². The number of ether oxygens (including phenoxy) is 2. The highest BCUT2D eigenvalue weighted by molar-refractivity contribution is 7.85. The fourth-order valence-corrected chi connectivity index (χ4v) is 6.10. The Morgan fingerprint density at radius 1 is 1.21 bits per heavy atom. The van der Waals surface area contributed by atoms with E-state index in [1.54, 1.807) is 0 Å². The van der Waals surface area contributed by atoms with Crippen molar-refractivity contribution in [3.05, 3.63) is 12.2 Å². The molecule has 0 amide bonds. The number of hydrogen-bond acceptors (Lipinski definition) is 6. The van der Waals surface area contributed by atoms with Crippen LogP contribution in [0.15, 0.2) is 12.2 Å². The van der Waals surface area contributed by atoms with Crippen LogP contribution in [-0.2, 0) is 29.2 Å². The number of esters is 2. The molecule has 4 saturated carbocycles. The second-order valence-corrected chi connectivity index (χ2v) is 10.3. The van der Waals surface area contributed by atoms with Gasteiger partial charge in [-0.05, 0) is 50.9 Å². The first-order chi connectivity index (χ1) is 13.1. The van der Waals surface area contributed by atoms with Crippen LogP contribution in [0.1, 0.15) is 45.4 Å². The number of carbonyl (C=O) groups excluding carboxylic acids is 2. The molecule has 4 rings (SSSR count). The Kier molecular flexibility index (Phi) is 5.30. The molecule has 29 heavy (non-hydrogen) atoms. The van der Waals surface area contributed by atoms with Crippen LogP contribution >= 0.6 is 0 Å². The van der Waals surface area contributed by atoms with Crippen molar-refractivity contribution in [1.82, 2.24) is 0 Å². The third kappa shape index (κ3) is 4.60. The summed E-state index contributed by atoms with van der Waals surface area (Å²) in [6, 6.07) is 0. The zero-order valence-corrected chi connectivity index (χ0v) is 16.6. The molecule has 0 aromatic heterocycles. The van der Waals surface area contributed by atoms with Gasteiger partial charge in [-0.1, -0.05) is 6.58 Å². The summed E-state index contributed by atoms with van der Waals surface area (Å²) in [5, 5.41) is 0. The quantitative estimate of drug-likeness (QED) is 0.384. The molecular formula is C18H23F3O7S. The van der Waals surface area contributed by atoms with Crippen LogP contribution in [0.25, 0.3) is 0 Å². The number of hydrogen-bond donors (Lipinski definition) is 1. The largest absolute Gasteiger partial charge is 0.456 e. The molecule has 11 heteroatoms. The van der Waals surface area contributed by atoms with Gasteiger partial charge in [-0.3, -0.25) is 9.35 Å². The first-order valence-corrected chi connectivity index (χ1v) is 10.9. The van der Waals surface area contributed by atoms with Crippen LogP contribution in [0.3, 0.4) is 0 Å². The second kappa shape index (κ2) is 6.97. The van der Waals surface area contributed by atoms with E-state index in [2.05, 4.69) is 11.3 Å². The lowest BCUT2D eigenvalue weighted by molar-refractivity contribution is -0.236. The third-order valence-corrected chi connectivity index (χ3v) is 6.80. The summed E-state index contributed by atoms with van der Waals surface area (Å²) in [6.07, 6.45) is -5.67. The van der Waals surface area contributed by atoms with Crippen molar-refractivity contribution in [2.75, 3.05) is 5.75 Å². The zero-order chi connectivity index (χ0) is 21.8. The van der Waals surface area contributed by atoms with E-state index in [4.69, 9.17) is 9.29 Å². The van der Waals surface area contributed by atoms with Crippen molar-refractivity contribution in [2.45, 2.75) is 63.3 Å². The van der Waals surface area contributed by atoms with E-state index in [9.17, 15) is 31.2 Å². The van der Waals surface area contributed by atoms with E-state index >= 15 is 0 Å². The summed E-state index contributed by atoms with van der Waals surface area (Å²) in [4.78, 5) is 24.9. The van der Waals surface area contributed by atoms with Crippen LogP contribution in [-0.4, -0.2) is 48.5 Å². The maximum absolute atomic E-state index is 13.2. The molecule has 7 nitrogen and oxygen atoms in total. The van der Waals surface area contributed by atoms with E-state index in [-0.39, 0.29) is 23.8 Å². The van der Waals surface area contributed by atoms with Gasteiger partial charge in [0.1, 0.15) is 11.4 Å². The maximum atomic E-state index is 13.2. The van der Waals surface area contributed by atoms with Crippen LogP contribution in [0.5, 0.6) is 0 Å². The average Bonchev–Trinajstić information content (AvgIpc) is 2.50. The highest BCUT2D eigenvalue weighted by Gasteiger charge is 2.64. The Morgan fingerprint density at radius 3 is 2.21 bits per heavy atom. The van der Waals surface area contributed by atoms with Gasteiger partial charge in [0.25, 0.3) is 10.1 Å². The summed E-state index contributed by atoms with van der Waals surface area (Å²) in [5.74, 6) is -3.55. The SMILES string of the molecule is C=C(C)C(=O)OC12CC3CC(C1)CC(C(=O)OC(CS(=O)(=O)O)C(F)(F)F)(C3)C2. The number of halogens is 3. The molecule has 4 aliphatic carbocycles. The number of rotatable bonds is 6. The van der Waals surface area contributed by atoms with E-state index < -0.39 is 51.1 Å². The smallest absolute Gasteiger partial charge is 0.426 e. The fraction of sp³-hybridized carbons (Fsp3) is 0.778. The fourth-order valence-electron chi connectivity index (χ4n) is 5.46. The molecule has 4 bridgehead atoms. The predicted octanol–water partition coefficient (Wildman–Crippen LogP) is 2.81. The van der Waals surface area contributed by atoms with Crippen molar-refractivity contribution < 1.29 is 45.2 Å². The molecule has 4 aliphatic rings. The minimum absolute atomic E-state index is 0.00682. The monoisotopic (exact) mass is 440 g/mol. The zero-order valence-electron chi connectivity index (χ0n) is 15.8. The molecule has 164 valence electrons. The first-order valence-electron chi connectivity index (χ1n) is 9.25. The summed E-state index contributed by atoms with van der Waals surface area (Å²) < 4.78 is 80.5. The maximum Gasteiger partial charge on any atom is 0.426 e. The van der Waals surface area contributed by atoms with Gasteiger partial charge in [-0.2, -0.15) is 21.6 Å². The average molecular weight is 440 g/mol. The molecule has 3 unspecified atom stereocenters. The Bertz CT molecular complexity index is 819. The van der Waals surface area contributed by atoms with Crippen molar-refractivity contribution in [3.8, 4) is 0 Å². The van der Waals surface area contributed by atoms with E-state index in [0.29, 0.717) is 25.7 Å². The van der Waals surface area contributed by atoms with Crippen molar-refractivity contribution in [3.63, 3.8) is 0 Å². The molecule has 0 aromatic rings. The van der Waals surface area contributed by atoms with Gasteiger partial charge in [-0.25, -0.2) is 4.79 Å². The molecule has 0 aromatic carbocycles. The Morgan fingerprint density at radius 2 is 1.76 bits per heavy atom. The molecule has 0 spiro atoms. The van der Waals surface area contributed by atoms with Crippen molar-refractivity contribution in [1.29, 1.82) is 0 Å². The van der Waals surface area contributed by atoms with Crippen LogP contribution in [0.4, 0.5) is 13.2 Å². The minimum Gasteiger partial charge on any atom is -0.456 e. The highest BCUT2D eigenvalue weighted by Crippen LogP contribution is 2.63. The van der Waals surface area contributed by atoms with Crippen molar-refractivity contribution >= 4 is 22.1 Å². The molecule has 0 heterocycles. The van der Waals surface area contributed by atoms with Gasteiger partial charge in [-0.15, -0.1) is 0 Å². The van der Waals surface area contributed by atoms with Crippen molar-refractivity contribution in [2.24, 2.45) is 17.3 Å². The van der Waals surface area contributed by atoms with Gasteiger partial charge >= 0.3 is 18.1 Å². The van der Waals surface area contributed by atoms with Gasteiger partial charge in [0, 0.05) is 12.0 Å². The van der Waals surface area contributed by atoms with E-state index in [1.807, 2.05) is 0 Å². The standard InChI is InChI=1S/C18H23F3O7S/c1-10(2)14(22)28-17-6-11-3-12(7-17)5-16(4-11,9-17)15(23)27-13(18(19,20)21)8-29(24,25)26/h11-13H,1,3-9H2,2H3,(H,24,25,26). The summed E-state index contributed by atoms with van der Waals surface area (Å²) in [6.45, 7) is 5.02. The lowest BCUT2D eigenvalue weighted by Gasteiger charge is -2.59. The van der Waals surface area contributed by atoms with Crippen LogP contribution in [0.2, 0.25) is 0 Å². The van der Waals surface area contributed by atoms with Gasteiger partial charge in [0.05, 0.1) is 5.41 Å². The van der Waals surface area contributed by atoms with Crippen LogP contribution in [0, 0.1) is 17.3 Å². The second-order valence-electron chi connectivity index (χ2n) is 8.78. The highest BCUT2D eigenvalue weighted by atomic mass is 32.2. The third-order valence-electron chi connectivity index (χ3n) is 6.07. The lowest BCUT2D eigenvalue weighted by atomic mass is 9.48. The summed E-state index contributed by atoms with van der Waals surface area (Å²) in [5.41, 5.74) is -2.06. The van der Waals surface area contributed by atoms with Gasteiger partial charge in [0.2, 0.25) is 6.10 Å². The molecule has 0 radical (unpaired) electrons. The topological polar surface area (TPSA) is 107 Å². The molecule has 1 N–H and O–H groups in total. The lowest BCUT2D eigenvalue weighted by Crippen LogP contribution is -2.60. The molecule has 3 atom stereocenters. The molecular weight excluding hydrogens is 417 g/mol. The molecule has 0 saturated heterocycles. The Balaban J connectivity index is 1.84. The molecule has 4 fully saturated rings. The Labute approximate surface area is 166 Å². The first kappa shape index (κ1) is 22.1. The number of carbonyl (C=O) groups is 2. The Hall–Kier alpha value is -1.62. The normalized spacial score (nSPS) is 34.5. The predicted molar refractivity (Wildman–Crippen MR) is 93.1 cm³/mol. The summed E-state index contributed by atoms with van der Waals surface area (Å²) in [7, 11) is -5.02. The molecule has 0 aliphatic heterocycles. The van der Waals surface area contributed by atoms with E-state index in [1.165, 1.54) is 6.92 Å². The number of alkyl halides is 3. The van der Waals surface area contributed by atoms with Gasteiger partial charge in [0.15, 0.2) is 0 Å². The minimum atomic E-state index is -5.15.